The van der Waals surface area contributed by atoms with Crippen LogP contribution in [-0.4, -0.2) is 19.0 Å². The molecule has 0 heterocycles. The summed E-state index contributed by atoms with van der Waals surface area (Å²) >= 11 is 5.42. The number of halogens is 2. The topological polar surface area (TPSA) is 12.0 Å². The maximum absolute atomic E-state index is 5.42. The van der Waals surface area contributed by atoms with E-state index in [1.807, 2.05) is 0 Å². The molecule has 0 unspecified atom stereocenters. The highest BCUT2D eigenvalue weighted by Crippen LogP contribution is 1.85. The molecule has 0 fully saturated rings. The Morgan fingerprint density at radius 2 is 2.00 bits per heavy atom. The van der Waals surface area contributed by atoms with Crippen molar-refractivity contribution < 1.29 is 0 Å². The highest BCUT2D eigenvalue weighted by molar-refractivity contribution is 6.18. The Balaban J connectivity index is 0. The van der Waals surface area contributed by atoms with Crippen LogP contribution in [0.4, 0.5) is 0 Å². The van der Waals surface area contributed by atoms with E-state index >= 15 is 0 Å². The van der Waals surface area contributed by atoms with Crippen molar-refractivity contribution in [2.24, 2.45) is 5.92 Å². The standard InChI is InChI=1S/C6H14ClN.ClH/c1-6(2)5-8-4-3-7;/h6,8H,3-5H2,1-2H3;1H. The molecule has 0 aliphatic carbocycles. The van der Waals surface area contributed by atoms with E-state index in [2.05, 4.69) is 19.2 Å². The van der Waals surface area contributed by atoms with Gasteiger partial charge in [0.1, 0.15) is 0 Å². The summed E-state index contributed by atoms with van der Waals surface area (Å²) in [6.07, 6.45) is 0. The molecule has 3 heteroatoms. The van der Waals surface area contributed by atoms with E-state index < -0.39 is 0 Å². The van der Waals surface area contributed by atoms with Crippen molar-refractivity contribution in [3.8, 4) is 0 Å². The summed E-state index contributed by atoms with van der Waals surface area (Å²) in [4.78, 5) is 0. The number of hydrogen-bond acceptors (Lipinski definition) is 1. The van der Waals surface area contributed by atoms with Crippen molar-refractivity contribution in [2.75, 3.05) is 19.0 Å². The van der Waals surface area contributed by atoms with Gasteiger partial charge in [0.2, 0.25) is 0 Å². The van der Waals surface area contributed by atoms with E-state index in [-0.39, 0.29) is 12.4 Å². The monoisotopic (exact) mass is 171 g/mol. The zero-order valence-corrected chi connectivity index (χ0v) is 7.56. The van der Waals surface area contributed by atoms with Gasteiger partial charge in [0, 0.05) is 12.4 Å². The molecule has 0 aliphatic rings. The van der Waals surface area contributed by atoms with Gasteiger partial charge in [-0.2, -0.15) is 0 Å². The van der Waals surface area contributed by atoms with Crippen molar-refractivity contribution in [3.63, 3.8) is 0 Å². The summed E-state index contributed by atoms with van der Waals surface area (Å²) in [6.45, 7) is 6.37. The van der Waals surface area contributed by atoms with Gasteiger partial charge in [0.25, 0.3) is 0 Å². The van der Waals surface area contributed by atoms with Crippen molar-refractivity contribution in [3.05, 3.63) is 0 Å². The number of alkyl halides is 1. The van der Waals surface area contributed by atoms with Gasteiger partial charge in [0.15, 0.2) is 0 Å². The molecule has 0 aromatic rings. The van der Waals surface area contributed by atoms with Crippen LogP contribution in [0.25, 0.3) is 0 Å². The summed E-state index contributed by atoms with van der Waals surface area (Å²) in [7, 11) is 0. The maximum Gasteiger partial charge on any atom is 0.0348 e. The zero-order chi connectivity index (χ0) is 6.41. The van der Waals surface area contributed by atoms with Crippen LogP contribution in [-0.2, 0) is 0 Å². The lowest BCUT2D eigenvalue weighted by atomic mass is 10.2. The molecule has 9 heavy (non-hydrogen) atoms. The minimum atomic E-state index is 0. The van der Waals surface area contributed by atoms with E-state index in [9.17, 15) is 0 Å². The zero-order valence-electron chi connectivity index (χ0n) is 5.98. The van der Waals surface area contributed by atoms with Crippen molar-refractivity contribution in [1.82, 2.24) is 5.32 Å². The molecular weight excluding hydrogens is 157 g/mol. The second kappa shape index (κ2) is 8.54. The van der Waals surface area contributed by atoms with Gasteiger partial charge in [-0.1, -0.05) is 13.8 Å². The Hall–Kier alpha value is 0.540. The smallest absolute Gasteiger partial charge is 0.0348 e. The molecule has 0 rings (SSSR count). The lowest BCUT2D eigenvalue weighted by molar-refractivity contribution is 0.567. The van der Waals surface area contributed by atoms with Crippen LogP contribution in [0.3, 0.4) is 0 Å². The third-order valence-corrected chi connectivity index (χ3v) is 1.01. The molecule has 0 amide bonds. The fraction of sp³-hybridized carbons (Fsp3) is 1.00. The maximum atomic E-state index is 5.42. The molecule has 0 saturated carbocycles. The van der Waals surface area contributed by atoms with Crippen LogP contribution in [0, 0.1) is 5.92 Å². The first-order valence-electron chi connectivity index (χ1n) is 3.04. The van der Waals surface area contributed by atoms with Crippen LogP contribution in [0.1, 0.15) is 13.8 Å². The first-order chi connectivity index (χ1) is 3.77. The first kappa shape index (κ1) is 12.2. The number of hydrogen-bond donors (Lipinski definition) is 1. The normalized spacial score (nSPS) is 9.33. The lowest BCUT2D eigenvalue weighted by Gasteiger charge is -2.03. The van der Waals surface area contributed by atoms with Gasteiger partial charge in [-0.05, 0) is 12.5 Å². The van der Waals surface area contributed by atoms with Gasteiger partial charge in [0.05, 0.1) is 0 Å². The highest BCUT2D eigenvalue weighted by atomic mass is 35.5. The summed E-state index contributed by atoms with van der Waals surface area (Å²) in [6, 6.07) is 0. The van der Waals surface area contributed by atoms with Crippen molar-refractivity contribution >= 4 is 24.0 Å². The quantitative estimate of drug-likeness (QED) is 0.504. The largest absolute Gasteiger partial charge is 0.315 e. The third-order valence-electron chi connectivity index (χ3n) is 0.824. The summed E-state index contributed by atoms with van der Waals surface area (Å²) < 4.78 is 0. The Bertz CT molecular complexity index is 48.3. The minimum absolute atomic E-state index is 0. The molecular formula is C6H15Cl2N. The molecule has 0 saturated heterocycles. The Morgan fingerprint density at radius 3 is 2.33 bits per heavy atom. The molecule has 0 spiro atoms. The van der Waals surface area contributed by atoms with Gasteiger partial charge in [-0.25, -0.2) is 0 Å². The molecule has 58 valence electrons. The SMILES string of the molecule is CC(C)CNCCCl.Cl. The lowest BCUT2D eigenvalue weighted by Crippen LogP contribution is -2.21. The van der Waals surface area contributed by atoms with Gasteiger partial charge < -0.3 is 5.32 Å². The van der Waals surface area contributed by atoms with Gasteiger partial charge in [-0.3, -0.25) is 0 Å². The van der Waals surface area contributed by atoms with E-state index in [4.69, 9.17) is 11.6 Å². The Morgan fingerprint density at radius 1 is 1.44 bits per heavy atom. The van der Waals surface area contributed by atoms with Gasteiger partial charge >= 0.3 is 0 Å². The van der Waals surface area contributed by atoms with Gasteiger partial charge in [-0.15, -0.1) is 24.0 Å². The van der Waals surface area contributed by atoms with E-state index in [0.29, 0.717) is 5.88 Å². The second-order valence-electron chi connectivity index (χ2n) is 2.29. The molecule has 0 aliphatic heterocycles. The molecule has 1 N–H and O–H groups in total. The predicted molar refractivity (Wildman–Crippen MR) is 45.7 cm³/mol. The molecule has 0 radical (unpaired) electrons. The van der Waals surface area contributed by atoms with Crippen molar-refractivity contribution in [2.45, 2.75) is 13.8 Å². The molecule has 0 aromatic carbocycles. The molecule has 0 atom stereocenters. The number of nitrogens with one attached hydrogen (secondary N) is 1. The van der Waals surface area contributed by atoms with E-state index in [0.717, 1.165) is 19.0 Å². The summed E-state index contributed by atoms with van der Waals surface area (Å²) in [5, 5.41) is 3.20. The van der Waals surface area contributed by atoms with E-state index in [1.54, 1.807) is 0 Å². The minimum Gasteiger partial charge on any atom is -0.315 e. The fourth-order valence-electron chi connectivity index (χ4n) is 0.458. The highest BCUT2D eigenvalue weighted by Gasteiger charge is 1.89. The van der Waals surface area contributed by atoms with Crippen LogP contribution in [0.2, 0.25) is 0 Å². The first-order valence-corrected chi connectivity index (χ1v) is 3.57. The molecule has 0 aromatic heterocycles. The second-order valence-corrected chi connectivity index (χ2v) is 2.66. The van der Waals surface area contributed by atoms with Crippen LogP contribution in [0.5, 0.6) is 0 Å². The number of rotatable bonds is 4. The van der Waals surface area contributed by atoms with Crippen LogP contribution < -0.4 is 5.32 Å². The average Bonchev–Trinajstić information content (AvgIpc) is 1.66. The fourth-order valence-corrected chi connectivity index (χ4v) is 0.591. The van der Waals surface area contributed by atoms with Crippen LogP contribution in [0.15, 0.2) is 0 Å². The van der Waals surface area contributed by atoms with E-state index in [1.165, 1.54) is 0 Å². The average molecular weight is 172 g/mol. The Labute approximate surface area is 68.6 Å². The molecule has 0 bridgehead atoms. The van der Waals surface area contributed by atoms with Crippen molar-refractivity contribution in [1.29, 1.82) is 0 Å². The predicted octanol–water partition coefficient (Wildman–Crippen LogP) is 1.89. The summed E-state index contributed by atoms with van der Waals surface area (Å²) in [5.41, 5.74) is 0. The third kappa shape index (κ3) is 11.9. The Kier molecular flexibility index (Phi) is 11.6. The summed E-state index contributed by atoms with van der Waals surface area (Å²) in [5.74, 6) is 1.45. The molecule has 1 nitrogen and oxygen atoms in total. The van der Waals surface area contributed by atoms with Crippen LogP contribution >= 0.6 is 24.0 Å².